The van der Waals surface area contributed by atoms with Crippen LogP contribution in [0, 0.1) is 13.8 Å². The van der Waals surface area contributed by atoms with Crippen LogP contribution in [0.5, 0.6) is 0 Å². The van der Waals surface area contributed by atoms with Crippen molar-refractivity contribution in [1.82, 2.24) is 9.55 Å². The summed E-state index contributed by atoms with van der Waals surface area (Å²) in [7, 11) is 0. The van der Waals surface area contributed by atoms with E-state index in [2.05, 4.69) is 10.3 Å². The van der Waals surface area contributed by atoms with Gasteiger partial charge in [0.2, 0.25) is 5.91 Å². The third kappa shape index (κ3) is 4.15. The summed E-state index contributed by atoms with van der Waals surface area (Å²) in [5.41, 5.74) is 4.82. The Morgan fingerprint density at radius 2 is 2.10 bits per heavy atom. The van der Waals surface area contributed by atoms with Gasteiger partial charge >= 0.3 is 5.69 Å². The Morgan fingerprint density at radius 3 is 2.90 bits per heavy atom. The average Bonchev–Trinajstić information content (AvgIpc) is 3.38. The molecule has 0 radical (unpaired) electrons. The molecule has 2 aromatic heterocycles. The number of benzene rings is 1. The van der Waals surface area contributed by atoms with Gasteiger partial charge in [-0.1, -0.05) is 23.9 Å². The first-order valence-corrected chi connectivity index (χ1v) is 10.7. The first-order valence-electron chi connectivity index (χ1n) is 9.67. The molecular formula is C22H23N3O3S. The van der Waals surface area contributed by atoms with E-state index >= 15 is 0 Å². The highest BCUT2D eigenvalue weighted by Crippen LogP contribution is 2.29. The van der Waals surface area contributed by atoms with E-state index in [0.717, 1.165) is 53.1 Å². The fourth-order valence-electron chi connectivity index (χ4n) is 3.63. The van der Waals surface area contributed by atoms with Crippen LogP contribution < -0.4 is 11.0 Å². The average molecular weight is 410 g/mol. The van der Waals surface area contributed by atoms with Crippen LogP contribution >= 0.6 is 11.8 Å². The minimum absolute atomic E-state index is 0.1000. The van der Waals surface area contributed by atoms with E-state index in [1.54, 1.807) is 10.8 Å². The Labute approximate surface area is 173 Å². The summed E-state index contributed by atoms with van der Waals surface area (Å²) in [6.45, 7) is 4.40. The van der Waals surface area contributed by atoms with Gasteiger partial charge in [0, 0.05) is 16.9 Å². The molecule has 1 N–H and O–H groups in total. The number of nitrogens with zero attached hydrogens (tertiary/aromatic N) is 2. The second kappa shape index (κ2) is 8.29. The van der Waals surface area contributed by atoms with Crippen molar-refractivity contribution >= 4 is 23.4 Å². The van der Waals surface area contributed by atoms with Crippen LogP contribution in [0.15, 0.2) is 50.8 Å². The molecule has 6 nitrogen and oxygen atoms in total. The van der Waals surface area contributed by atoms with Crippen LogP contribution in [0.25, 0.3) is 0 Å². The zero-order valence-corrected chi connectivity index (χ0v) is 17.3. The van der Waals surface area contributed by atoms with E-state index in [1.165, 1.54) is 11.8 Å². The van der Waals surface area contributed by atoms with Gasteiger partial charge < -0.3 is 9.73 Å². The Kier molecular flexibility index (Phi) is 5.58. The van der Waals surface area contributed by atoms with Crippen molar-refractivity contribution < 1.29 is 9.21 Å². The molecule has 1 aromatic carbocycles. The third-order valence-corrected chi connectivity index (χ3v) is 6.33. The van der Waals surface area contributed by atoms with Crippen molar-refractivity contribution in [3.63, 3.8) is 0 Å². The topological polar surface area (TPSA) is 77.1 Å². The van der Waals surface area contributed by atoms with Crippen LogP contribution in [0.1, 0.15) is 34.6 Å². The number of aromatic nitrogens is 2. The first kappa shape index (κ1) is 19.5. The van der Waals surface area contributed by atoms with E-state index in [9.17, 15) is 9.59 Å². The third-order valence-electron chi connectivity index (χ3n) is 5.31. The molecule has 150 valence electrons. The standard InChI is InChI=1S/C22H23N3O3S/c1-14-6-3-9-18(15(14)2)23-20(26)13-29-21-17-8-4-10-19(17)25(22(27)24-21)12-16-7-5-11-28-16/h3,5-7,9,11H,4,8,10,12-13H2,1-2H3,(H,23,26). The van der Waals surface area contributed by atoms with Gasteiger partial charge in [-0.25, -0.2) is 4.79 Å². The number of aryl methyl sites for hydroxylation is 1. The molecule has 0 atom stereocenters. The molecule has 1 aliphatic carbocycles. The number of hydrogen-bond acceptors (Lipinski definition) is 5. The molecule has 1 aliphatic rings. The number of anilines is 1. The summed E-state index contributed by atoms with van der Waals surface area (Å²) in [6, 6.07) is 9.51. The van der Waals surface area contributed by atoms with Crippen molar-refractivity contribution in [3.05, 3.63) is 75.2 Å². The van der Waals surface area contributed by atoms with Crippen LogP contribution in [0.4, 0.5) is 5.69 Å². The number of carbonyl (C=O) groups excluding carboxylic acids is 1. The molecule has 0 aliphatic heterocycles. The number of thioether (sulfide) groups is 1. The van der Waals surface area contributed by atoms with Gasteiger partial charge in [0.1, 0.15) is 10.8 Å². The number of carbonyl (C=O) groups is 1. The van der Waals surface area contributed by atoms with Gasteiger partial charge in [0.15, 0.2) is 0 Å². The molecule has 0 fully saturated rings. The summed E-state index contributed by atoms with van der Waals surface area (Å²) in [5.74, 6) is 0.849. The minimum Gasteiger partial charge on any atom is -0.467 e. The van der Waals surface area contributed by atoms with Crippen LogP contribution in [0.3, 0.4) is 0 Å². The fraction of sp³-hybridized carbons (Fsp3) is 0.318. The van der Waals surface area contributed by atoms with E-state index in [1.807, 2.05) is 44.2 Å². The van der Waals surface area contributed by atoms with Gasteiger partial charge in [-0.05, 0) is 62.4 Å². The lowest BCUT2D eigenvalue weighted by Crippen LogP contribution is -2.28. The van der Waals surface area contributed by atoms with Crippen LogP contribution in [0.2, 0.25) is 0 Å². The smallest absolute Gasteiger partial charge is 0.349 e. The molecule has 2 heterocycles. The lowest BCUT2D eigenvalue weighted by molar-refractivity contribution is -0.113. The monoisotopic (exact) mass is 409 g/mol. The highest BCUT2D eigenvalue weighted by atomic mass is 32.2. The summed E-state index contributed by atoms with van der Waals surface area (Å²) >= 11 is 1.33. The van der Waals surface area contributed by atoms with Crippen molar-refractivity contribution in [2.75, 3.05) is 11.1 Å². The van der Waals surface area contributed by atoms with Crippen LogP contribution in [-0.2, 0) is 24.2 Å². The number of hydrogen-bond donors (Lipinski definition) is 1. The number of fused-ring (bicyclic) bond motifs is 1. The van der Waals surface area contributed by atoms with E-state index in [0.29, 0.717) is 11.6 Å². The predicted octanol–water partition coefficient (Wildman–Crippen LogP) is 3.72. The zero-order chi connectivity index (χ0) is 20.4. The van der Waals surface area contributed by atoms with Gasteiger partial charge in [0.05, 0.1) is 18.6 Å². The minimum atomic E-state index is -0.292. The number of amides is 1. The summed E-state index contributed by atoms with van der Waals surface area (Å²) < 4.78 is 7.09. The van der Waals surface area contributed by atoms with Gasteiger partial charge in [-0.2, -0.15) is 4.98 Å². The Balaban J connectivity index is 1.50. The molecule has 1 amide bonds. The lowest BCUT2D eigenvalue weighted by atomic mass is 10.1. The van der Waals surface area contributed by atoms with Gasteiger partial charge in [-0.3, -0.25) is 9.36 Å². The molecule has 3 aromatic rings. The second-order valence-corrected chi connectivity index (χ2v) is 8.19. The van der Waals surface area contributed by atoms with Gasteiger partial charge in [0.25, 0.3) is 0 Å². The Morgan fingerprint density at radius 1 is 1.24 bits per heavy atom. The van der Waals surface area contributed by atoms with Crippen molar-refractivity contribution in [2.24, 2.45) is 0 Å². The Bertz CT molecular complexity index is 1100. The fourth-order valence-corrected chi connectivity index (χ4v) is 4.51. The zero-order valence-electron chi connectivity index (χ0n) is 16.5. The summed E-state index contributed by atoms with van der Waals surface area (Å²) in [6.07, 6.45) is 4.31. The highest BCUT2D eigenvalue weighted by molar-refractivity contribution is 8.00. The summed E-state index contributed by atoms with van der Waals surface area (Å²) in [5, 5.41) is 3.64. The largest absolute Gasteiger partial charge is 0.467 e. The Hall–Kier alpha value is -2.80. The van der Waals surface area contributed by atoms with E-state index in [-0.39, 0.29) is 17.3 Å². The van der Waals surface area contributed by atoms with Crippen molar-refractivity contribution in [2.45, 2.75) is 44.7 Å². The van der Waals surface area contributed by atoms with Crippen molar-refractivity contribution in [3.8, 4) is 0 Å². The first-order chi connectivity index (χ1) is 14.0. The maximum atomic E-state index is 12.6. The molecule has 0 bridgehead atoms. The van der Waals surface area contributed by atoms with E-state index in [4.69, 9.17) is 4.42 Å². The normalized spacial score (nSPS) is 12.8. The SMILES string of the molecule is Cc1cccc(NC(=O)CSc2nc(=O)n(Cc3ccco3)c3c2CCC3)c1C. The number of nitrogens with one attached hydrogen (secondary N) is 1. The maximum Gasteiger partial charge on any atom is 0.349 e. The molecule has 4 rings (SSSR count). The predicted molar refractivity (Wildman–Crippen MR) is 114 cm³/mol. The molecule has 7 heteroatoms. The molecule has 0 saturated carbocycles. The number of rotatable bonds is 6. The molecular weight excluding hydrogens is 386 g/mol. The molecule has 0 spiro atoms. The number of furan rings is 1. The highest BCUT2D eigenvalue weighted by Gasteiger charge is 2.23. The summed E-state index contributed by atoms with van der Waals surface area (Å²) in [4.78, 5) is 29.4. The molecule has 0 saturated heterocycles. The quantitative estimate of drug-likeness (QED) is 0.496. The van der Waals surface area contributed by atoms with E-state index < -0.39 is 0 Å². The van der Waals surface area contributed by atoms with Gasteiger partial charge in [-0.15, -0.1) is 0 Å². The second-order valence-electron chi connectivity index (χ2n) is 7.23. The van der Waals surface area contributed by atoms with Crippen LogP contribution in [-0.4, -0.2) is 21.2 Å². The molecule has 0 unspecified atom stereocenters. The molecule has 29 heavy (non-hydrogen) atoms. The maximum absolute atomic E-state index is 12.6. The lowest BCUT2D eigenvalue weighted by Gasteiger charge is -2.14. The van der Waals surface area contributed by atoms with Crippen molar-refractivity contribution in [1.29, 1.82) is 0 Å².